The molecular weight excluding hydrogens is 399 g/mol. The van der Waals surface area contributed by atoms with E-state index in [2.05, 4.69) is 41.7 Å². The summed E-state index contributed by atoms with van der Waals surface area (Å²) in [5.41, 5.74) is 5.75. The van der Waals surface area contributed by atoms with Crippen LogP contribution in [0.1, 0.15) is 78.9 Å². The number of benzene rings is 1. The van der Waals surface area contributed by atoms with Crippen molar-refractivity contribution in [2.45, 2.75) is 80.0 Å². The van der Waals surface area contributed by atoms with Gasteiger partial charge in [0.15, 0.2) is 0 Å². The van der Waals surface area contributed by atoms with Gasteiger partial charge >= 0.3 is 153 Å². The zero-order chi connectivity index (χ0) is 17.6. The third kappa shape index (κ3) is 3.22. The van der Waals surface area contributed by atoms with Crippen LogP contribution in [0.5, 0.6) is 0 Å². The van der Waals surface area contributed by atoms with E-state index in [1.807, 2.05) is 0 Å². The number of hydrogen-bond acceptors (Lipinski definition) is 1. The van der Waals surface area contributed by atoms with Crippen LogP contribution in [0.2, 0.25) is 14.8 Å². The molecule has 3 rings (SSSR count). The van der Waals surface area contributed by atoms with Gasteiger partial charge in [-0.15, -0.1) is 0 Å². The number of carbonyl (C=O) groups is 1. The van der Waals surface area contributed by atoms with Gasteiger partial charge in [-0.3, -0.25) is 0 Å². The molecule has 1 unspecified atom stereocenters. The summed E-state index contributed by atoms with van der Waals surface area (Å²) >= 11 is -2.31. The molecule has 1 atom stereocenters. The van der Waals surface area contributed by atoms with Gasteiger partial charge in [-0.05, 0) is 0 Å². The zero-order valence-electron chi connectivity index (χ0n) is 16.5. The Balaban J connectivity index is 2.19. The molecule has 0 heterocycles. The van der Waals surface area contributed by atoms with Crippen molar-refractivity contribution in [2.75, 3.05) is 0 Å². The van der Waals surface area contributed by atoms with Crippen molar-refractivity contribution >= 4 is 27.7 Å². The van der Waals surface area contributed by atoms with Gasteiger partial charge in [0.05, 0.1) is 0 Å². The molecule has 0 spiro atoms. The molecular formula is C22H34OSn. The first-order valence-corrected chi connectivity index (χ1v) is 19.9. The van der Waals surface area contributed by atoms with Crippen LogP contribution in [0.25, 0.3) is 0 Å². The molecule has 1 nitrogen and oxygen atoms in total. The van der Waals surface area contributed by atoms with Gasteiger partial charge in [0.2, 0.25) is 0 Å². The third-order valence-corrected chi connectivity index (χ3v) is 12.1. The number of aryl methyl sites for hydroxylation is 1. The summed E-state index contributed by atoms with van der Waals surface area (Å²) in [6, 6.07) is 2.44. The van der Waals surface area contributed by atoms with E-state index in [1.54, 1.807) is 5.56 Å². The molecule has 0 saturated heterocycles. The molecule has 1 aromatic carbocycles. The molecule has 0 aromatic heterocycles. The summed E-state index contributed by atoms with van der Waals surface area (Å²) in [7, 11) is 0. The molecule has 2 aliphatic rings. The van der Waals surface area contributed by atoms with Crippen molar-refractivity contribution in [3.63, 3.8) is 0 Å². The summed E-state index contributed by atoms with van der Waals surface area (Å²) in [6.45, 7) is 6.77. The minimum atomic E-state index is -2.31. The summed E-state index contributed by atoms with van der Waals surface area (Å²) in [5, 5.41) is 0. The van der Waals surface area contributed by atoms with Crippen molar-refractivity contribution in [3.8, 4) is 0 Å². The van der Waals surface area contributed by atoms with Crippen LogP contribution in [-0.4, -0.2) is 24.2 Å². The summed E-state index contributed by atoms with van der Waals surface area (Å²) in [4.78, 5) is 20.7. The number of rotatable bonds is 3. The SMILES string of the molecule is Cc1c[c]([Sn]([CH3])([CH3])[CH3])c2c(c1C1CCCCC1)CC(C(C)C)C2=O. The number of ketones is 1. The van der Waals surface area contributed by atoms with Crippen molar-refractivity contribution in [2.24, 2.45) is 11.8 Å². The van der Waals surface area contributed by atoms with E-state index in [0.717, 1.165) is 6.42 Å². The van der Waals surface area contributed by atoms with Crippen LogP contribution in [0.4, 0.5) is 0 Å². The molecule has 1 saturated carbocycles. The first kappa shape index (κ1) is 18.5. The van der Waals surface area contributed by atoms with Gasteiger partial charge in [-0.1, -0.05) is 0 Å². The molecule has 132 valence electrons. The van der Waals surface area contributed by atoms with E-state index in [-0.39, 0.29) is 5.92 Å². The van der Waals surface area contributed by atoms with Crippen molar-refractivity contribution in [3.05, 3.63) is 28.3 Å². The zero-order valence-corrected chi connectivity index (χ0v) is 19.3. The Morgan fingerprint density at radius 1 is 1.08 bits per heavy atom. The standard InChI is InChI=1S/C19H25O.3CH3.Sn/c1-12(2)16-11-17-15(19(16)20)10-9-13(3)18(17)14-7-5-4-6-8-14;;;;/h9,12,14,16H,4-8,11H2,1-3H3;3*1H3;. The van der Waals surface area contributed by atoms with Gasteiger partial charge in [0.1, 0.15) is 0 Å². The quantitative estimate of drug-likeness (QED) is 0.568. The van der Waals surface area contributed by atoms with Crippen molar-refractivity contribution in [1.82, 2.24) is 0 Å². The number of fused-ring (bicyclic) bond motifs is 1. The number of Topliss-reactive ketones (excluding diaryl/α,β-unsaturated/α-hetero) is 1. The van der Waals surface area contributed by atoms with E-state index in [1.165, 1.54) is 52.4 Å². The minimum absolute atomic E-state index is 0.219. The second-order valence-electron chi connectivity index (χ2n) is 9.51. The number of hydrogen-bond donors (Lipinski definition) is 0. The van der Waals surface area contributed by atoms with E-state index >= 15 is 0 Å². The summed E-state index contributed by atoms with van der Waals surface area (Å²) in [5.74, 6) is 1.85. The van der Waals surface area contributed by atoms with Gasteiger partial charge < -0.3 is 0 Å². The van der Waals surface area contributed by atoms with Gasteiger partial charge in [-0.2, -0.15) is 0 Å². The Kier molecular flexibility index (Phi) is 5.22. The van der Waals surface area contributed by atoms with Crippen molar-refractivity contribution in [1.29, 1.82) is 0 Å². The van der Waals surface area contributed by atoms with Crippen LogP contribution in [0, 0.1) is 18.8 Å². The fourth-order valence-electron chi connectivity index (χ4n) is 4.98. The molecule has 24 heavy (non-hydrogen) atoms. The van der Waals surface area contributed by atoms with Crippen molar-refractivity contribution < 1.29 is 4.79 Å². The van der Waals surface area contributed by atoms with Crippen LogP contribution >= 0.6 is 0 Å². The maximum absolute atomic E-state index is 13.3. The Bertz CT molecular complexity index is 645. The van der Waals surface area contributed by atoms with Gasteiger partial charge in [-0.25, -0.2) is 0 Å². The van der Waals surface area contributed by atoms with Crippen LogP contribution in [-0.2, 0) is 6.42 Å². The Morgan fingerprint density at radius 3 is 2.25 bits per heavy atom. The Morgan fingerprint density at radius 2 is 1.71 bits per heavy atom. The fourth-order valence-corrected chi connectivity index (χ4v) is 9.76. The van der Waals surface area contributed by atoms with E-state index in [0.29, 0.717) is 17.6 Å². The van der Waals surface area contributed by atoms with Crippen LogP contribution in [0.3, 0.4) is 0 Å². The second kappa shape index (κ2) is 6.78. The monoisotopic (exact) mass is 434 g/mol. The Hall–Kier alpha value is -0.311. The van der Waals surface area contributed by atoms with Gasteiger partial charge in [0, 0.05) is 0 Å². The topological polar surface area (TPSA) is 17.1 Å². The first-order valence-electron chi connectivity index (χ1n) is 9.93. The normalized spacial score (nSPS) is 22.3. The average molecular weight is 433 g/mol. The second-order valence-corrected chi connectivity index (χ2v) is 23.9. The van der Waals surface area contributed by atoms with E-state index in [4.69, 9.17) is 0 Å². The molecule has 2 aliphatic carbocycles. The fraction of sp³-hybridized carbons (Fsp3) is 0.682. The third-order valence-electron chi connectivity index (χ3n) is 6.32. The van der Waals surface area contributed by atoms with Crippen LogP contribution in [0.15, 0.2) is 6.07 Å². The number of carbonyl (C=O) groups excluding carboxylic acids is 1. The Labute approximate surface area is 152 Å². The average Bonchev–Trinajstić information content (AvgIpc) is 2.84. The predicted molar refractivity (Wildman–Crippen MR) is 106 cm³/mol. The maximum atomic E-state index is 13.3. The molecule has 2 heteroatoms. The van der Waals surface area contributed by atoms with Crippen LogP contribution < -0.4 is 3.58 Å². The summed E-state index contributed by atoms with van der Waals surface area (Å²) < 4.78 is 1.49. The van der Waals surface area contributed by atoms with E-state index < -0.39 is 18.4 Å². The molecule has 1 fully saturated rings. The first-order chi connectivity index (χ1) is 11.2. The molecule has 0 bridgehead atoms. The molecule has 1 aromatic rings. The predicted octanol–water partition coefficient (Wildman–Crippen LogP) is 5.60. The molecule has 0 radical (unpaired) electrons. The molecule has 0 amide bonds. The molecule has 0 N–H and O–H groups in total. The van der Waals surface area contributed by atoms with Gasteiger partial charge in [0.25, 0.3) is 0 Å². The van der Waals surface area contributed by atoms with E-state index in [9.17, 15) is 4.79 Å². The summed E-state index contributed by atoms with van der Waals surface area (Å²) in [6.07, 6.45) is 7.77. The molecule has 0 aliphatic heterocycles.